The quantitative estimate of drug-likeness (QED) is 0.177. The summed E-state index contributed by atoms with van der Waals surface area (Å²) in [6.07, 6.45) is 10.4. The minimum absolute atomic E-state index is 0.118. The van der Waals surface area contributed by atoms with Gasteiger partial charge in [-0.2, -0.15) is 10.2 Å². The number of amides is 3. The SMILES string of the molecule is CN(CC1CCC(n2cc3cc(NC(=O)c4nn(C)cc4Cl)c(C(C)(C)O)cc3n2)CC1)C1CCN(c2cccc3c2n(C)c(=O)n3C2CCC(=O)NC2=O)CC1. The summed E-state index contributed by atoms with van der Waals surface area (Å²) in [4.78, 5) is 56.0. The van der Waals surface area contributed by atoms with Crippen LogP contribution in [0.5, 0.6) is 0 Å². The first kappa shape index (κ1) is 38.9. The lowest BCUT2D eigenvalue weighted by Crippen LogP contribution is -2.45. The van der Waals surface area contributed by atoms with E-state index < -0.39 is 23.5 Å². The maximum atomic E-state index is 13.5. The van der Waals surface area contributed by atoms with E-state index >= 15 is 0 Å². The van der Waals surface area contributed by atoms with Crippen molar-refractivity contribution in [2.24, 2.45) is 20.0 Å². The summed E-state index contributed by atoms with van der Waals surface area (Å²) in [5.74, 6) is -0.583. The van der Waals surface area contributed by atoms with Crippen LogP contribution in [0.4, 0.5) is 11.4 Å². The van der Waals surface area contributed by atoms with Gasteiger partial charge in [-0.25, -0.2) is 4.79 Å². The highest BCUT2D eigenvalue weighted by Gasteiger charge is 2.34. The van der Waals surface area contributed by atoms with Crippen LogP contribution < -0.4 is 21.2 Å². The number of aromatic nitrogens is 6. The molecule has 2 aliphatic heterocycles. The Bertz CT molecular complexity index is 2420. The van der Waals surface area contributed by atoms with Crippen LogP contribution in [0.25, 0.3) is 21.9 Å². The molecule has 0 spiro atoms. The van der Waals surface area contributed by atoms with Gasteiger partial charge in [0.15, 0.2) is 5.69 Å². The molecule has 57 heavy (non-hydrogen) atoms. The Morgan fingerprint density at radius 1 is 1.02 bits per heavy atom. The molecule has 3 aliphatic rings. The zero-order valence-electron chi connectivity index (χ0n) is 33.2. The Labute approximate surface area is 335 Å². The summed E-state index contributed by atoms with van der Waals surface area (Å²) in [7, 11) is 5.70. The predicted molar refractivity (Wildman–Crippen MR) is 219 cm³/mol. The van der Waals surface area contributed by atoms with Crippen LogP contribution in [-0.2, 0) is 29.3 Å². The van der Waals surface area contributed by atoms with Crippen molar-refractivity contribution in [1.82, 2.24) is 38.9 Å². The normalized spacial score (nSPS) is 21.2. The van der Waals surface area contributed by atoms with E-state index in [0.717, 1.165) is 80.3 Å². The number of imidazole rings is 1. The molecule has 2 saturated heterocycles. The molecule has 16 heteroatoms. The number of halogens is 1. The van der Waals surface area contributed by atoms with E-state index in [-0.39, 0.29) is 34.8 Å². The number of rotatable bonds is 9. The fourth-order valence-corrected chi connectivity index (χ4v) is 9.55. The highest BCUT2D eigenvalue weighted by Crippen LogP contribution is 2.37. The molecule has 0 bridgehead atoms. The number of hydrogen-bond acceptors (Lipinski definition) is 9. The van der Waals surface area contributed by atoms with E-state index in [0.29, 0.717) is 35.1 Å². The molecular formula is C41H51ClN10O5. The van der Waals surface area contributed by atoms with Crippen molar-refractivity contribution in [2.45, 2.75) is 88.9 Å². The highest BCUT2D eigenvalue weighted by atomic mass is 35.5. The van der Waals surface area contributed by atoms with Gasteiger partial charge in [0.2, 0.25) is 11.8 Å². The summed E-state index contributed by atoms with van der Waals surface area (Å²) in [6, 6.07) is 9.64. The van der Waals surface area contributed by atoms with Crippen molar-refractivity contribution < 1.29 is 19.5 Å². The standard InChI is InChI=1S/C41H51ClN10O5/c1-41(2,57)28-20-30-25(19-31(28)43-39(55)36-29(42)23-48(4)46-36)22-51(45-30)27-11-9-24(10-12-27)21-47(3)26-15-17-50(18-16-26)32-7-6-8-33-37(32)49(5)40(56)52(33)34-13-14-35(53)44-38(34)54/h6-8,19-20,22-24,26-27,34,57H,9-18,21H2,1-5H3,(H,43,55)(H,44,53,54). The van der Waals surface area contributed by atoms with Crippen LogP contribution in [0.3, 0.4) is 0 Å². The number of piperidine rings is 2. The number of carbonyl (C=O) groups excluding carboxylic acids is 3. The second-order valence-corrected chi connectivity index (χ2v) is 17.1. The average Bonchev–Trinajstić information content (AvgIpc) is 3.83. The van der Waals surface area contributed by atoms with Crippen LogP contribution in [-0.4, -0.2) is 89.1 Å². The van der Waals surface area contributed by atoms with Crippen molar-refractivity contribution in [1.29, 1.82) is 0 Å². The second-order valence-electron chi connectivity index (χ2n) is 16.7. The van der Waals surface area contributed by atoms with Crippen LogP contribution in [0.2, 0.25) is 5.02 Å². The number of imide groups is 1. The number of fused-ring (bicyclic) bond motifs is 2. The third kappa shape index (κ3) is 7.48. The summed E-state index contributed by atoms with van der Waals surface area (Å²) in [6.45, 7) is 6.14. The molecule has 8 rings (SSSR count). The maximum Gasteiger partial charge on any atom is 0.329 e. The van der Waals surface area contributed by atoms with E-state index in [4.69, 9.17) is 16.7 Å². The average molecular weight is 799 g/mol. The van der Waals surface area contributed by atoms with E-state index in [1.54, 1.807) is 43.3 Å². The molecule has 1 atom stereocenters. The van der Waals surface area contributed by atoms with Crippen molar-refractivity contribution in [3.63, 3.8) is 0 Å². The number of nitrogens with zero attached hydrogens (tertiary/aromatic N) is 8. The molecule has 5 aromatic rings. The molecule has 1 unspecified atom stereocenters. The fourth-order valence-electron chi connectivity index (χ4n) is 9.28. The Balaban J connectivity index is 0.884. The van der Waals surface area contributed by atoms with Gasteiger partial charge >= 0.3 is 5.69 Å². The van der Waals surface area contributed by atoms with Crippen molar-refractivity contribution in [2.75, 3.05) is 36.9 Å². The Morgan fingerprint density at radius 3 is 2.42 bits per heavy atom. The second kappa shape index (κ2) is 15.1. The van der Waals surface area contributed by atoms with Gasteiger partial charge in [0, 0.05) is 75.2 Å². The zero-order valence-corrected chi connectivity index (χ0v) is 33.9. The lowest BCUT2D eigenvalue weighted by molar-refractivity contribution is -0.135. The topological polar surface area (TPSA) is 165 Å². The molecule has 3 N–H and O–H groups in total. The van der Waals surface area contributed by atoms with Crippen molar-refractivity contribution in [3.05, 3.63) is 69.5 Å². The highest BCUT2D eigenvalue weighted by molar-refractivity contribution is 6.34. The fraction of sp³-hybridized carbons (Fsp3) is 0.512. The molecule has 0 radical (unpaired) electrons. The van der Waals surface area contributed by atoms with Gasteiger partial charge in [0.05, 0.1) is 38.9 Å². The van der Waals surface area contributed by atoms with Crippen LogP contribution in [0, 0.1) is 5.92 Å². The Hall–Kier alpha value is -4.99. The number of benzene rings is 2. The molecule has 302 valence electrons. The van der Waals surface area contributed by atoms with E-state index in [9.17, 15) is 24.3 Å². The number of aliphatic hydroxyl groups is 1. The van der Waals surface area contributed by atoms with Gasteiger partial charge in [-0.05, 0) is 96.0 Å². The van der Waals surface area contributed by atoms with E-state index in [1.807, 2.05) is 30.5 Å². The van der Waals surface area contributed by atoms with E-state index in [2.05, 4.69) is 43.3 Å². The number of anilines is 2. The minimum atomic E-state index is -1.23. The number of aryl methyl sites for hydroxylation is 2. The van der Waals surface area contributed by atoms with Crippen LogP contribution >= 0.6 is 11.6 Å². The molecule has 15 nitrogen and oxygen atoms in total. The Kier molecular flexibility index (Phi) is 10.3. The summed E-state index contributed by atoms with van der Waals surface area (Å²) in [5, 5.41) is 26.6. The smallest absolute Gasteiger partial charge is 0.329 e. The molecule has 3 fully saturated rings. The van der Waals surface area contributed by atoms with Gasteiger partial charge in [-0.15, -0.1) is 0 Å². The van der Waals surface area contributed by atoms with Gasteiger partial charge < -0.3 is 20.2 Å². The van der Waals surface area contributed by atoms with Crippen LogP contribution in [0.15, 0.2) is 47.5 Å². The molecule has 5 heterocycles. The third-order valence-electron chi connectivity index (χ3n) is 12.3. The summed E-state index contributed by atoms with van der Waals surface area (Å²) >= 11 is 6.24. The first-order valence-corrected chi connectivity index (χ1v) is 20.3. The molecule has 3 amide bonds. The molecule has 1 saturated carbocycles. The monoisotopic (exact) mass is 798 g/mol. The van der Waals surface area contributed by atoms with Gasteiger partial charge in [-0.1, -0.05) is 17.7 Å². The summed E-state index contributed by atoms with van der Waals surface area (Å²) < 4.78 is 6.74. The summed E-state index contributed by atoms with van der Waals surface area (Å²) in [5.41, 5.74) is 2.98. The number of nitrogens with one attached hydrogen (secondary N) is 2. The zero-order chi connectivity index (χ0) is 40.3. The number of hydrogen-bond donors (Lipinski definition) is 3. The van der Waals surface area contributed by atoms with Crippen molar-refractivity contribution in [3.8, 4) is 0 Å². The van der Waals surface area contributed by atoms with Gasteiger partial charge in [0.1, 0.15) is 6.04 Å². The lowest BCUT2D eigenvalue weighted by Gasteiger charge is -2.40. The van der Waals surface area contributed by atoms with E-state index in [1.165, 1.54) is 4.68 Å². The lowest BCUT2D eigenvalue weighted by atomic mass is 9.85. The predicted octanol–water partition coefficient (Wildman–Crippen LogP) is 4.87. The van der Waals surface area contributed by atoms with Crippen molar-refractivity contribution >= 4 is 62.6 Å². The maximum absolute atomic E-state index is 13.5. The van der Waals surface area contributed by atoms with Gasteiger partial charge in [0.25, 0.3) is 5.91 Å². The first-order valence-electron chi connectivity index (χ1n) is 19.9. The third-order valence-corrected chi connectivity index (χ3v) is 12.6. The molecule has 3 aromatic heterocycles. The number of carbonyl (C=O) groups is 3. The van der Waals surface area contributed by atoms with Crippen LogP contribution in [0.1, 0.15) is 93.3 Å². The van der Waals surface area contributed by atoms with Gasteiger partial charge in [-0.3, -0.25) is 38.2 Å². The molecular weight excluding hydrogens is 748 g/mol. The number of para-hydroxylation sites is 1. The minimum Gasteiger partial charge on any atom is -0.386 e. The first-order chi connectivity index (χ1) is 27.2. The molecule has 1 aliphatic carbocycles. The molecule has 2 aromatic carbocycles. The largest absolute Gasteiger partial charge is 0.386 e. The Morgan fingerprint density at radius 2 is 1.75 bits per heavy atom.